The fourth-order valence-corrected chi connectivity index (χ4v) is 2.52. The molecule has 110 valence electrons. The summed E-state index contributed by atoms with van der Waals surface area (Å²) < 4.78 is 30.8. The third kappa shape index (κ3) is 4.16. The first-order valence-electron chi connectivity index (χ1n) is 6.13. The van der Waals surface area contributed by atoms with Crippen LogP contribution in [0.5, 0.6) is 0 Å². The maximum Gasteiger partial charge on any atom is 0.230 e. The minimum atomic E-state index is -0.998. The number of rotatable bonds is 5. The Morgan fingerprint density at radius 2 is 2.25 bits per heavy atom. The van der Waals surface area contributed by atoms with Crippen LogP contribution in [0.3, 0.4) is 0 Å². The molecule has 1 aromatic rings. The number of ether oxygens (including phenoxy) is 1. The number of nitrogens with one attached hydrogen (secondary N) is 1. The Morgan fingerprint density at radius 3 is 2.90 bits per heavy atom. The first-order chi connectivity index (χ1) is 9.48. The van der Waals surface area contributed by atoms with Gasteiger partial charge in [0.1, 0.15) is 5.60 Å². The van der Waals surface area contributed by atoms with Crippen molar-refractivity contribution >= 4 is 17.7 Å². The minimum absolute atomic E-state index is 0.0714. The number of aliphatic hydroxyl groups is 1. The topological polar surface area (TPSA) is 58.6 Å². The Morgan fingerprint density at radius 1 is 1.45 bits per heavy atom. The molecule has 0 aliphatic carbocycles. The van der Waals surface area contributed by atoms with Crippen molar-refractivity contribution in [1.82, 2.24) is 5.32 Å². The molecule has 2 N–H and O–H groups in total. The zero-order chi connectivity index (χ0) is 14.6. The van der Waals surface area contributed by atoms with E-state index in [1.165, 1.54) is 6.07 Å². The molecular formula is C13H15F2NO3S. The maximum absolute atomic E-state index is 13.0. The Hall–Kier alpha value is -1.18. The molecular weight excluding hydrogens is 288 g/mol. The molecule has 1 heterocycles. The lowest BCUT2D eigenvalue weighted by Crippen LogP contribution is -2.43. The van der Waals surface area contributed by atoms with Crippen LogP contribution in [0.25, 0.3) is 0 Å². The van der Waals surface area contributed by atoms with Crippen molar-refractivity contribution in [3.63, 3.8) is 0 Å². The van der Waals surface area contributed by atoms with Crippen molar-refractivity contribution in [2.75, 3.05) is 25.5 Å². The predicted octanol–water partition coefficient (Wildman–Crippen LogP) is 1.32. The molecule has 1 atom stereocenters. The van der Waals surface area contributed by atoms with E-state index in [2.05, 4.69) is 5.32 Å². The van der Waals surface area contributed by atoms with Crippen LogP contribution in [0.4, 0.5) is 8.78 Å². The van der Waals surface area contributed by atoms with Gasteiger partial charge in [-0.15, -0.1) is 11.8 Å². The largest absolute Gasteiger partial charge is 0.386 e. The zero-order valence-corrected chi connectivity index (χ0v) is 11.5. The summed E-state index contributed by atoms with van der Waals surface area (Å²) in [5, 5.41) is 12.6. The first-order valence-corrected chi connectivity index (χ1v) is 7.12. The lowest BCUT2D eigenvalue weighted by atomic mass is 10.0. The van der Waals surface area contributed by atoms with Gasteiger partial charge in [0.25, 0.3) is 0 Å². The number of halogens is 2. The fourth-order valence-electron chi connectivity index (χ4n) is 1.77. The smallest absolute Gasteiger partial charge is 0.230 e. The van der Waals surface area contributed by atoms with Gasteiger partial charge in [0.05, 0.1) is 12.4 Å². The van der Waals surface area contributed by atoms with Gasteiger partial charge in [0.15, 0.2) is 11.6 Å². The Balaban J connectivity index is 1.76. The van der Waals surface area contributed by atoms with E-state index >= 15 is 0 Å². The number of amides is 1. The van der Waals surface area contributed by atoms with Crippen molar-refractivity contribution < 1.29 is 23.4 Å². The Bertz CT molecular complexity index is 493. The molecule has 1 unspecified atom stereocenters. The van der Waals surface area contributed by atoms with E-state index in [0.717, 1.165) is 23.9 Å². The molecule has 1 aliphatic heterocycles. The van der Waals surface area contributed by atoms with E-state index in [1.54, 1.807) is 0 Å². The van der Waals surface area contributed by atoms with Crippen molar-refractivity contribution in [2.45, 2.75) is 16.9 Å². The van der Waals surface area contributed by atoms with Gasteiger partial charge in [0, 0.05) is 24.5 Å². The molecule has 1 aromatic carbocycles. The van der Waals surface area contributed by atoms with Gasteiger partial charge in [0.2, 0.25) is 5.91 Å². The van der Waals surface area contributed by atoms with E-state index in [1.807, 2.05) is 0 Å². The second-order valence-corrected chi connectivity index (χ2v) is 5.72. The van der Waals surface area contributed by atoms with Gasteiger partial charge >= 0.3 is 0 Å². The highest BCUT2D eigenvalue weighted by Gasteiger charge is 2.32. The molecule has 20 heavy (non-hydrogen) atoms. The molecule has 0 saturated carbocycles. The monoisotopic (exact) mass is 303 g/mol. The second kappa shape index (κ2) is 6.51. The van der Waals surface area contributed by atoms with Crippen molar-refractivity contribution in [1.29, 1.82) is 0 Å². The van der Waals surface area contributed by atoms with Crippen LogP contribution in [-0.2, 0) is 9.53 Å². The van der Waals surface area contributed by atoms with Crippen LogP contribution in [0, 0.1) is 11.6 Å². The standard InChI is InChI=1S/C13H15F2NO3S/c14-10-2-1-9(5-11(10)15)20-6-12(17)16-7-13(18)3-4-19-8-13/h1-2,5,18H,3-4,6-8H2,(H,16,17). The maximum atomic E-state index is 13.0. The van der Waals surface area contributed by atoms with Crippen LogP contribution in [0.2, 0.25) is 0 Å². The summed E-state index contributed by atoms with van der Waals surface area (Å²) in [5.74, 6) is -2.06. The van der Waals surface area contributed by atoms with Gasteiger partial charge in [-0.2, -0.15) is 0 Å². The summed E-state index contributed by atoms with van der Waals surface area (Å²) in [7, 11) is 0. The molecule has 2 rings (SSSR count). The van der Waals surface area contributed by atoms with Gasteiger partial charge in [-0.3, -0.25) is 4.79 Å². The third-order valence-electron chi connectivity index (χ3n) is 2.96. The molecule has 1 fully saturated rings. The van der Waals surface area contributed by atoms with Gasteiger partial charge in [-0.05, 0) is 18.2 Å². The van der Waals surface area contributed by atoms with Gasteiger partial charge in [-0.25, -0.2) is 8.78 Å². The SMILES string of the molecule is O=C(CSc1ccc(F)c(F)c1)NCC1(O)CCOC1. The van der Waals surface area contributed by atoms with Crippen LogP contribution in [-0.4, -0.2) is 42.1 Å². The molecule has 0 bridgehead atoms. The summed E-state index contributed by atoms with van der Waals surface area (Å²) in [4.78, 5) is 12.1. The van der Waals surface area contributed by atoms with E-state index in [0.29, 0.717) is 17.9 Å². The summed E-state index contributed by atoms with van der Waals surface area (Å²) in [6, 6.07) is 3.48. The molecule has 7 heteroatoms. The number of thioether (sulfide) groups is 1. The minimum Gasteiger partial charge on any atom is -0.386 e. The highest BCUT2D eigenvalue weighted by molar-refractivity contribution is 8.00. The van der Waals surface area contributed by atoms with E-state index in [9.17, 15) is 18.7 Å². The molecule has 0 radical (unpaired) electrons. The molecule has 1 saturated heterocycles. The number of benzene rings is 1. The highest BCUT2D eigenvalue weighted by Crippen LogP contribution is 2.20. The molecule has 0 aromatic heterocycles. The van der Waals surface area contributed by atoms with E-state index < -0.39 is 17.2 Å². The normalized spacial score (nSPS) is 21.9. The summed E-state index contributed by atoms with van der Waals surface area (Å²) in [6.07, 6.45) is 0.490. The Labute approximate surface area is 119 Å². The average molecular weight is 303 g/mol. The van der Waals surface area contributed by atoms with Crippen molar-refractivity contribution in [3.05, 3.63) is 29.8 Å². The van der Waals surface area contributed by atoms with E-state index in [4.69, 9.17) is 4.74 Å². The fraction of sp³-hybridized carbons (Fsp3) is 0.462. The van der Waals surface area contributed by atoms with E-state index in [-0.39, 0.29) is 24.8 Å². The summed E-state index contributed by atoms with van der Waals surface area (Å²) in [6.45, 7) is 0.823. The first kappa shape index (κ1) is 15.2. The zero-order valence-electron chi connectivity index (χ0n) is 10.7. The van der Waals surface area contributed by atoms with Crippen LogP contribution >= 0.6 is 11.8 Å². The van der Waals surface area contributed by atoms with Crippen molar-refractivity contribution in [3.8, 4) is 0 Å². The Kier molecular flexibility index (Phi) is 4.95. The highest BCUT2D eigenvalue weighted by atomic mass is 32.2. The number of hydrogen-bond acceptors (Lipinski definition) is 4. The number of hydrogen-bond donors (Lipinski definition) is 2. The van der Waals surface area contributed by atoms with Crippen LogP contribution in [0.15, 0.2) is 23.1 Å². The van der Waals surface area contributed by atoms with Crippen LogP contribution < -0.4 is 5.32 Å². The summed E-state index contributed by atoms with van der Waals surface area (Å²) in [5.41, 5.74) is -0.998. The quantitative estimate of drug-likeness (QED) is 0.806. The average Bonchev–Trinajstić information content (AvgIpc) is 2.85. The lowest BCUT2D eigenvalue weighted by Gasteiger charge is -2.20. The molecule has 1 amide bonds. The third-order valence-corrected chi connectivity index (χ3v) is 3.95. The number of carbonyl (C=O) groups excluding carboxylic acids is 1. The van der Waals surface area contributed by atoms with Crippen LogP contribution in [0.1, 0.15) is 6.42 Å². The lowest BCUT2D eigenvalue weighted by molar-refractivity contribution is -0.119. The predicted molar refractivity (Wildman–Crippen MR) is 70.5 cm³/mol. The van der Waals surface area contributed by atoms with Gasteiger partial charge < -0.3 is 15.2 Å². The molecule has 4 nitrogen and oxygen atoms in total. The second-order valence-electron chi connectivity index (χ2n) is 4.67. The molecule has 0 spiro atoms. The molecule has 1 aliphatic rings. The van der Waals surface area contributed by atoms with Crippen molar-refractivity contribution in [2.24, 2.45) is 0 Å². The summed E-state index contributed by atoms with van der Waals surface area (Å²) >= 11 is 1.10. The van der Waals surface area contributed by atoms with Gasteiger partial charge in [-0.1, -0.05) is 0 Å². The number of carbonyl (C=O) groups is 1.